The topological polar surface area (TPSA) is 78.4 Å². The van der Waals surface area contributed by atoms with Gasteiger partial charge in [0.05, 0.1) is 5.54 Å². The molecule has 2 aromatic rings. The Labute approximate surface area is 151 Å². The number of carbonyl (C=O) groups excluding carboxylic acids is 1. The Bertz CT molecular complexity index is 845. The SMILES string of the molecule is CNC(=O)c1cccc(-c2cc(C3(NC(=O)O)CCCC3)ccc2F)c1. The van der Waals surface area contributed by atoms with Gasteiger partial charge in [-0.1, -0.05) is 31.0 Å². The van der Waals surface area contributed by atoms with Gasteiger partial charge in [-0.25, -0.2) is 9.18 Å². The van der Waals surface area contributed by atoms with Gasteiger partial charge in [-0.05, 0) is 48.2 Å². The summed E-state index contributed by atoms with van der Waals surface area (Å²) < 4.78 is 14.5. The van der Waals surface area contributed by atoms with Gasteiger partial charge in [-0.15, -0.1) is 0 Å². The summed E-state index contributed by atoms with van der Waals surface area (Å²) in [5, 5.41) is 14.4. The van der Waals surface area contributed by atoms with Crippen LogP contribution in [-0.2, 0) is 5.54 Å². The van der Waals surface area contributed by atoms with E-state index in [2.05, 4.69) is 10.6 Å². The standard InChI is InChI=1S/C20H21FN2O3/c1-22-18(24)14-6-4-5-13(11-14)16-12-15(7-8-17(16)21)20(23-19(25)26)9-2-3-10-20/h4-8,11-12,23H,2-3,9-10H2,1H3,(H,22,24)(H,25,26). The normalized spacial score (nSPS) is 15.5. The molecule has 0 atom stereocenters. The molecule has 0 unspecified atom stereocenters. The monoisotopic (exact) mass is 356 g/mol. The Kier molecular flexibility index (Phi) is 4.93. The summed E-state index contributed by atoms with van der Waals surface area (Å²) in [7, 11) is 1.54. The van der Waals surface area contributed by atoms with Gasteiger partial charge in [0.2, 0.25) is 0 Å². The maximum Gasteiger partial charge on any atom is 0.405 e. The molecule has 3 N–H and O–H groups in total. The highest BCUT2D eigenvalue weighted by atomic mass is 19.1. The molecule has 26 heavy (non-hydrogen) atoms. The zero-order valence-corrected chi connectivity index (χ0v) is 14.5. The molecule has 0 aliphatic heterocycles. The summed E-state index contributed by atoms with van der Waals surface area (Å²) in [6.45, 7) is 0. The van der Waals surface area contributed by atoms with Crippen molar-refractivity contribution in [1.82, 2.24) is 10.6 Å². The summed E-state index contributed by atoms with van der Waals surface area (Å²) in [5.74, 6) is -0.658. The number of hydrogen-bond donors (Lipinski definition) is 3. The van der Waals surface area contributed by atoms with E-state index in [-0.39, 0.29) is 5.91 Å². The maximum absolute atomic E-state index is 14.5. The minimum atomic E-state index is -1.08. The first-order valence-electron chi connectivity index (χ1n) is 8.59. The van der Waals surface area contributed by atoms with Crippen LogP contribution in [0.15, 0.2) is 42.5 Å². The van der Waals surface area contributed by atoms with E-state index in [1.54, 1.807) is 36.4 Å². The number of nitrogens with one attached hydrogen (secondary N) is 2. The van der Waals surface area contributed by atoms with E-state index in [0.717, 1.165) is 18.4 Å². The van der Waals surface area contributed by atoms with Gasteiger partial charge in [0.25, 0.3) is 5.91 Å². The van der Waals surface area contributed by atoms with Crippen LogP contribution < -0.4 is 10.6 Å². The first-order chi connectivity index (χ1) is 12.4. The molecule has 0 saturated heterocycles. The van der Waals surface area contributed by atoms with Gasteiger partial charge in [-0.3, -0.25) is 4.79 Å². The van der Waals surface area contributed by atoms with Gasteiger partial charge >= 0.3 is 6.09 Å². The van der Waals surface area contributed by atoms with Crippen molar-refractivity contribution in [1.29, 1.82) is 0 Å². The zero-order valence-electron chi connectivity index (χ0n) is 14.5. The maximum atomic E-state index is 14.5. The Hall–Kier alpha value is -2.89. The van der Waals surface area contributed by atoms with Crippen LogP contribution >= 0.6 is 0 Å². The smallest absolute Gasteiger partial charge is 0.405 e. The highest BCUT2D eigenvalue weighted by Gasteiger charge is 2.37. The largest absolute Gasteiger partial charge is 0.465 e. The van der Waals surface area contributed by atoms with E-state index in [4.69, 9.17) is 0 Å². The van der Waals surface area contributed by atoms with E-state index in [0.29, 0.717) is 29.5 Å². The lowest BCUT2D eigenvalue weighted by molar-refractivity contribution is 0.0963. The van der Waals surface area contributed by atoms with Gasteiger partial charge < -0.3 is 15.7 Å². The predicted octanol–water partition coefficient (Wildman–Crippen LogP) is 3.89. The Morgan fingerprint density at radius 1 is 1.12 bits per heavy atom. The second kappa shape index (κ2) is 7.15. The Balaban J connectivity index is 2.06. The van der Waals surface area contributed by atoms with E-state index < -0.39 is 17.4 Å². The summed E-state index contributed by atoms with van der Waals surface area (Å²) >= 11 is 0. The predicted molar refractivity (Wildman–Crippen MR) is 96.5 cm³/mol. The molecule has 1 saturated carbocycles. The quantitative estimate of drug-likeness (QED) is 0.778. The minimum Gasteiger partial charge on any atom is -0.465 e. The molecular weight excluding hydrogens is 335 g/mol. The van der Waals surface area contributed by atoms with Crippen molar-refractivity contribution in [3.05, 3.63) is 59.4 Å². The molecule has 5 nitrogen and oxygen atoms in total. The van der Waals surface area contributed by atoms with E-state index in [1.165, 1.54) is 13.1 Å². The fourth-order valence-electron chi connectivity index (χ4n) is 3.69. The van der Waals surface area contributed by atoms with Crippen molar-refractivity contribution in [2.75, 3.05) is 7.05 Å². The third-order valence-corrected chi connectivity index (χ3v) is 4.99. The van der Waals surface area contributed by atoms with Crippen LogP contribution in [0.5, 0.6) is 0 Å². The molecule has 6 heteroatoms. The zero-order chi connectivity index (χ0) is 18.7. The molecule has 1 aliphatic carbocycles. The molecular formula is C20H21FN2O3. The van der Waals surface area contributed by atoms with Crippen molar-refractivity contribution >= 4 is 12.0 Å². The van der Waals surface area contributed by atoms with E-state index in [9.17, 15) is 19.1 Å². The molecule has 2 aromatic carbocycles. The van der Waals surface area contributed by atoms with Crippen LogP contribution in [0.1, 0.15) is 41.6 Å². The Morgan fingerprint density at radius 3 is 2.50 bits per heavy atom. The summed E-state index contributed by atoms with van der Waals surface area (Å²) in [6, 6.07) is 11.4. The highest BCUT2D eigenvalue weighted by Crippen LogP contribution is 2.40. The number of rotatable bonds is 4. The lowest BCUT2D eigenvalue weighted by atomic mass is 9.86. The second-order valence-electron chi connectivity index (χ2n) is 6.57. The number of benzene rings is 2. The van der Waals surface area contributed by atoms with Crippen molar-refractivity contribution in [2.24, 2.45) is 0 Å². The molecule has 0 aromatic heterocycles. The van der Waals surface area contributed by atoms with Gasteiger partial charge in [0, 0.05) is 18.2 Å². The van der Waals surface area contributed by atoms with Crippen LogP contribution in [0.25, 0.3) is 11.1 Å². The van der Waals surface area contributed by atoms with Gasteiger partial charge in [0.1, 0.15) is 5.82 Å². The molecule has 136 valence electrons. The average Bonchev–Trinajstić information content (AvgIpc) is 3.10. The number of halogens is 1. The van der Waals surface area contributed by atoms with Crippen molar-refractivity contribution in [3.63, 3.8) is 0 Å². The molecule has 3 rings (SSSR count). The number of carboxylic acid groups (broad SMARTS) is 1. The number of hydrogen-bond acceptors (Lipinski definition) is 2. The van der Waals surface area contributed by atoms with Gasteiger partial charge in [0.15, 0.2) is 0 Å². The number of carbonyl (C=O) groups is 2. The lowest BCUT2D eigenvalue weighted by Crippen LogP contribution is -2.43. The highest BCUT2D eigenvalue weighted by molar-refractivity contribution is 5.95. The molecule has 0 spiro atoms. The molecule has 0 bridgehead atoms. The summed E-state index contributed by atoms with van der Waals surface area (Å²) in [4.78, 5) is 23.1. The number of amides is 2. The first kappa shape index (κ1) is 17.9. The molecule has 1 aliphatic rings. The molecule has 2 amide bonds. The van der Waals surface area contributed by atoms with E-state index >= 15 is 0 Å². The Morgan fingerprint density at radius 2 is 1.85 bits per heavy atom. The average molecular weight is 356 g/mol. The minimum absolute atomic E-state index is 0.247. The van der Waals surface area contributed by atoms with Crippen LogP contribution in [-0.4, -0.2) is 24.2 Å². The molecule has 1 fully saturated rings. The van der Waals surface area contributed by atoms with Crippen molar-refractivity contribution in [3.8, 4) is 11.1 Å². The fraction of sp³-hybridized carbons (Fsp3) is 0.300. The molecule has 0 heterocycles. The van der Waals surface area contributed by atoms with Crippen molar-refractivity contribution in [2.45, 2.75) is 31.2 Å². The molecule has 0 radical (unpaired) electrons. The fourth-order valence-corrected chi connectivity index (χ4v) is 3.69. The van der Waals surface area contributed by atoms with Crippen LogP contribution in [0.4, 0.5) is 9.18 Å². The summed E-state index contributed by atoms with van der Waals surface area (Å²) in [5.41, 5.74) is 1.43. The van der Waals surface area contributed by atoms with E-state index in [1.807, 2.05) is 0 Å². The van der Waals surface area contributed by atoms with Crippen LogP contribution in [0.2, 0.25) is 0 Å². The summed E-state index contributed by atoms with van der Waals surface area (Å²) in [6.07, 6.45) is 2.11. The van der Waals surface area contributed by atoms with Crippen LogP contribution in [0, 0.1) is 5.82 Å². The lowest BCUT2D eigenvalue weighted by Gasteiger charge is -2.30. The second-order valence-corrected chi connectivity index (χ2v) is 6.57. The van der Waals surface area contributed by atoms with Gasteiger partial charge in [-0.2, -0.15) is 0 Å². The first-order valence-corrected chi connectivity index (χ1v) is 8.59. The third kappa shape index (κ3) is 3.40. The van der Waals surface area contributed by atoms with Crippen molar-refractivity contribution < 1.29 is 19.1 Å². The van der Waals surface area contributed by atoms with Crippen LogP contribution in [0.3, 0.4) is 0 Å². The third-order valence-electron chi connectivity index (χ3n) is 4.99.